The number of carbonyl (C=O) groups is 1. The Bertz CT molecular complexity index is 979. The summed E-state index contributed by atoms with van der Waals surface area (Å²) in [6, 6.07) is 3.04. The van der Waals surface area contributed by atoms with Crippen LogP contribution in [0.15, 0.2) is 23.1 Å². The minimum Gasteiger partial charge on any atom is -0.391 e. The molecule has 2 aromatic heterocycles. The second-order valence-corrected chi connectivity index (χ2v) is 7.50. The van der Waals surface area contributed by atoms with Crippen molar-refractivity contribution in [3.05, 3.63) is 39.3 Å². The number of nitrogens with one attached hydrogen (secondary N) is 1. The third-order valence-corrected chi connectivity index (χ3v) is 5.45. The number of nitrogens with zero attached hydrogens (tertiary/aromatic N) is 3. The number of rotatable bonds is 5. The summed E-state index contributed by atoms with van der Waals surface area (Å²) >= 11 is 6.30. The molecule has 2 atom stereocenters. The van der Waals surface area contributed by atoms with E-state index < -0.39 is 24.1 Å². The summed E-state index contributed by atoms with van der Waals surface area (Å²) in [7, 11) is 1.63. The number of hydrogen-bond donors (Lipinski definition) is 2. The van der Waals surface area contributed by atoms with Crippen molar-refractivity contribution >= 4 is 28.5 Å². The maximum absolute atomic E-state index is 12.3. The number of likely N-dealkylation sites (tertiary alicyclic amines) is 1. The lowest BCUT2D eigenvalue weighted by Crippen LogP contribution is -2.41. The number of fused-ring (bicyclic) bond motifs is 1. The van der Waals surface area contributed by atoms with Gasteiger partial charge in [0, 0.05) is 51.4 Å². The molecule has 1 amide bonds. The third-order valence-electron chi connectivity index (χ3n) is 5.13. The van der Waals surface area contributed by atoms with Gasteiger partial charge in [-0.05, 0) is 18.1 Å². The molecule has 3 heterocycles. The van der Waals surface area contributed by atoms with Gasteiger partial charge >= 0.3 is 12.1 Å². The molecule has 1 aliphatic heterocycles. The Hall–Kier alpha value is -2.17. The lowest BCUT2D eigenvalue weighted by Gasteiger charge is -2.18. The van der Waals surface area contributed by atoms with Gasteiger partial charge in [0.1, 0.15) is 0 Å². The predicted molar refractivity (Wildman–Crippen MR) is 101 cm³/mol. The van der Waals surface area contributed by atoms with Gasteiger partial charge in [0.2, 0.25) is 0 Å². The average Bonchev–Trinajstić information content (AvgIpc) is 3.01. The number of aliphatic hydroxyl groups is 1. The van der Waals surface area contributed by atoms with E-state index in [0.717, 1.165) is 5.56 Å². The Morgan fingerprint density at radius 2 is 2.10 bits per heavy atom. The van der Waals surface area contributed by atoms with Gasteiger partial charge in [-0.3, -0.25) is 19.5 Å². The average molecular weight is 433 g/mol. The monoisotopic (exact) mass is 432 g/mol. The number of pyridine rings is 2. The van der Waals surface area contributed by atoms with E-state index in [1.54, 1.807) is 13.1 Å². The summed E-state index contributed by atoms with van der Waals surface area (Å²) in [5, 5.41) is 12.4. The first-order valence-corrected chi connectivity index (χ1v) is 9.34. The number of aryl methyl sites for hydroxylation is 1. The van der Waals surface area contributed by atoms with E-state index in [9.17, 15) is 27.9 Å². The zero-order valence-corrected chi connectivity index (χ0v) is 16.3. The number of amides is 1. The molecule has 0 spiro atoms. The Morgan fingerprint density at radius 3 is 2.79 bits per heavy atom. The van der Waals surface area contributed by atoms with E-state index in [-0.39, 0.29) is 18.6 Å². The van der Waals surface area contributed by atoms with Crippen LogP contribution in [-0.2, 0) is 18.3 Å². The van der Waals surface area contributed by atoms with Crippen molar-refractivity contribution in [2.24, 2.45) is 13.0 Å². The molecule has 11 heteroatoms. The summed E-state index contributed by atoms with van der Waals surface area (Å²) < 4.78 is 38.4. The van der Waals surface area contributed by atoms with Crippen molar-refractivity contribution in [3.8, 4) is 0 Å². The van der Waals surface area contributed by atoms with Crippen molar-refractivity contribution in [3.63, 3.8) is 0 Å². The lowest BCUT2D eigenvalue weighted by atomic mass is 10.1. The van der Waals surface area contributed by atoms with Gasteiger partial charge in [0.25, 0.3) is 5.56 Å². The van der Waals surface area contributed by atoms with Crippen molar-refractivity contribution in [2.45, 2.75) is 18.7 Å². The van der Waals surface area contributed by atoms with Gasteiger partial charge < -0.3 is 15.0 Å². The molecule has 7 nitrogen and oxygen atoms in total. The molecule has 2 N–H and O–H groups in total. The predicted octanol–water partition coefficient (Wildman–Crippen LogP) is 1.10. The molecule has 0 saturated carbocycles. The van der Waals surface area contributed by atoms with Crippen molar-refractivity contribution in [1.29, 1.82) is 0 Å². The highest BCUT2D eigenvalue weighted by Crippen LogP contribution is 2.25. The van der Waals surface area contributed by atoms with Crippen molar-refractivity contribution in [2.75, 3.05) is 26.2 Å². The smallest absolute Gasteiger partial charge is 0.391 e. The zero-order chi connectivity index (χ0) is 21.3. The molecule has 29 heavy (non-hydrogen) atoms. The van der Waals surface area contributed by atoms with Crippen LogP contribution >= 0.6 is 11.6 Å². The third kappa shape index (κ3) is 4.71. The van der Waals surface area contributed by atoms with Crippen LogP contribution < -0.4 is 10.9 Å². The fourth-order valence-corrected chi connectivity index (χ4v) is 3.79. The summed E-state index contributed by atoms with van der Waals surface area (Å²) in [6.07, 6.45) is -3.82. The normalized spacial score (nSPS) is 20.3. The number of alkyl halides is 3. The topological polar surface area (TPSA) is 87.5 Å². The van der Waals surface area contributed by atoms with Crippen LogP contribution in [0, 0.1) is 5.92 Å². The zero-order valence-electron chi connectivity index (χ0n) is 15.5. The minimum absolute atomic E-state index is 0.195. The molecule has 0 aliphatic carbocycles. The molecule has 1 fully saturated rings. The number of aromatic nitrogens is 2. The van der Waals surface area contributed by atoms with Crippen LogP contribution in [0.25, 0.3) is 11.0 Å². The quantitative estimate of drug-likeness (QED) is 0.739. The van der Waals surface area contributed by atoms with Crippen molar-refractivity contribution < 1.29 is 23.1 Å². The summed E-state index contributed by atoms with van der Waals surface area (Å²) in [6.45, 7) is 0.817. The Balaban J connectivity index is 1.67. The van der Waals surface area contributed by atoms with E-state index in [2.05, 4.69) is 4.98 Å². The van der Waals surface area contributed by atoms with Crippen LogP contribution in [0.2, 0.25) is 5.02 Å². The first-order valence-electron chi connectivity index (χ1n) is 8.96. The van der Waals surface area contributed by atoms with E-state index in [4.69, 9.17) is 11.6 Å². The van der Waals surface area contributed by atoms with Crippen LogP contribution in [0.1, 0.15) is 5.56 Å². The fraction of sp³-hybridized carbons (Fsp3) is 0.500. The largest absolute Gasteiger partial charge is 0.471 e. The maximum atomic E-state index is 12.3. The van der Waals surface area contributed by atoms with Crippen molar-refractivity contribution in [1.82, 2.24) is 19.8 Å². The molecule has 2 aromatic rings. The number of hydrogen-bond acceptors (Lipinski definition) is 5. The van der Waals surface area contributed by atoms with Crippen LogP contribution in [0.4, 0.5) is 13.2 Å². The molecule has 3 rings (SSSR count). The number of halogens is 4. The Morgan fingerprint density at radius 1 is 1.38 bits per heavy atom. The lowest BCUT2D eigenvalue weighted by molar-refractivity contribution is -0.173. The summed E-state index contributed by atoms with van der Waals surface area (Å²) in [5.41, 5.74) is 1.79. The number of carbonyl (C=O) groups excluding carboxylic acids is 1. The Kier molecular flexibility index (Phi) is 6.16. The summed E-state index contributed by atoms with van der Waals surface area (Å²) in [5.74, 6) is -2.52. The standard InChI is InChI=1S/C18H20ClF3N4O3/c1-25-15(28)3-2-13-16(25)11(12(19)7-23-13)4-5-26-8-10(14(27)9-26)6-24-17(29)18(20,21)22/h2-3,7,10,14,27H,4-6,8-9H2,1H3,(H,24,29)/t10-,14+/m0/s1. The molecule has 0 unspecified atom stereocenters. The van der Waals surface area contributed by atoms with Gasteiger partial charge in [-0.25, -0.2) is 0 Å². The van der Waals surface area contributed by atoms with Crippen LogP contribution in [-0.4, -0.2) is 63.9 Å². The molecule has 0 radical (unpaired) electrons. The first-order chi connectivity index (χ1) is 13.6. The van der Waals surface area contributed by atoms with Gasteiger partial charge in [-0.2, -0.15) is 13.2 Å². The van der Waals surface area contributed by atoms with Gasteiger partial charge in [-0.1, -0.05) is 11.6 Å². The highest BCUT2D eigenvalue weighted by atomic mass is 35.5. The minimum atomic E-state index is -4.95. The molecule has 0 aromatic carbocycles. The molecule has 0 bridgehead atoms. The summed E-state index contributed by atoms with van der Waals surface area (Å²) in [4.78, 5) is 29.1. The molecule has 1 saturated heterocycles. The molecule has 1 aliphatic rings. The van der Waals surface area contributed by atoms with E-state index >= 15 is 0 Å². The Labute approximate surface area is 169 Å². The number of aliphatic hydroxyl groups excluding tert-OH is 1. The highest BCUT2D eigenvalue weighted by molar-refractivity contribution is 6.32. The van der Waals surface area contributed by atoms with E-state index in [1.165, 1.54) is 16.8 Å². The molecular weight excluding hydrogens is 413 g/mol. The molecule has 158 valence electrons. The van der Waals surface area contributed by atoms with Crippen LogP contribution in [0.5, 0.6) is 0 Å². The maximum Gasteiger partial charge on any atom is 0.471 e. The van der Waals surface area contributed by atoms with Gasteiger partial charge in [0.05, 0.1) is 22.2 Å². The second kappa shape index (κ2) is 8.29. The fourth-order valence-electron chi connectivity index (χ4n) is 3.56. The van der Waals surface area contributed by atoms with Crippen LogP contribution in [0.3, 0.4) is 0 Å². The van der Waals surface area contributed by atoms with Gasteiger partial charge in [-0.15, -0.1) is 0 Å². The second-order valence-electron chi connectivity index (χ2n) is 7.09. The van der Waals surface area contributed by atoms with E-state index in [1.807, 2.05) is 10.2 Å². The molecular formula is C18H20ClF3N4O3. The first kappa shape index (κ1) is 21.5. The SMILES string of the molecule is Cn1c(=O)ccc2ncc(Cl)c(CCN3C[C@H](CNC(=O)C(F)(F)F)[C@H](O)C3)c21. The number of β-amino-alcohol motifs (C(OH)–C–C–N with tert-alkyl or cyclic N) is 1. The highest BCUT2D eigenvalue weighted by Gasteiger charge is 2.40. The van der Waals surface area contributed by atoms with Gasteiger partial charge in [0.15, 0.2) is 0 Å². The van der Waals surface area contributed by atoms with E-state index in [0.29, 0.717) is 35.6 Å².